The Hall–Kier alpha value is -3.54. The average molecular weight is 333 g/mol. The van der Waals surface area contributed by atoms with Crippen molar-refractivity contribution in [1.29, 1.82) is 0 Å². The molecule has 1 N–H and O–H groups in total. The molecule has 0 aliphatic rings. The summed E-state index contributed by atoms with van der Waals surface area (Å²) in [6.07, 6.45) is 3.11. The molecule has 0 saturated heterocycles. The number of amides is 1. The molecule has 122 valence electrons. The van der Waals surface area contributed by atoms with Crippen molar-refractivity contribution in [3.8, 4) is 11.5 Å². The van der Waals surface area contributed by atoms with Gasteiger partial charge in [0.1, 0.15) is 11.3 Å². The van der Waals surface area contributed by atoms with Crippen LogP contribution in [0.25, 0.3) is 22.6 Å². The van der Waals surface area contributed by atoms with Crippen LogP contribution in [0.15, 0.2) is 71.4 Å². The third-order valence-electron chi connectivity index (χ3n) is 3.66. The van der Waals surface area contributed by atoms with Crippen LogP contribution in [0.1, 0.15) is 10.4 Å². The standard InChI is InChI=1S/C19H12FN3O2/c20-14-3-1-2-13(10-14)19-23-16-11-15(4-5-17(16)25-19)22-18(24)12-6-8-21-9-7-12/h1-11H,(H,22,24). The van der Waals surface area contributed by atoms with E-state index in [2.05, 4.69) is 15.3 Å². The molecule has 0 unspecified atom stereocenters. The normalized spacial score (nSPS) is 10.8. The van der Waals surface area contributed by atoms with Gasteiger partial charge in [-0.2, -0.15) is 0 Å². The van der Waals surface area contributed by atoms with Gasteiger partial charge in [0.05, 0.1) is 0 Å². The van der Waals surface area contributed by atoms with Crippen LogP contribution in [-0.2, 0) is 0 Å². The Kier molecular flexibility index (Phi) is 3.70. The first-order chi connectivity index (χ1) is 12.2. The van der Waals surface area contributed by atoms with Crippen molar-refractivity contribution in [3.63, 3.8) is 0 Å². The average Bonchev–Trinajstić information content (AvgIpc) is 3.06. The maximum Gasteiger partial charge on any atom is 0.255 e. The van der Waals surface area contributed by atoms with E-state index in [0.717, 1.165) is 0 Å². The summed E-state index contributed by atoms with van der Waals surface area (Å²) in [7, 11) is 0. The zero-order chi connectivity index (χ0) is 17.2. The first-order valence-electron chi connectivity index (χ1n) is 7.57. The van der Waals surface area contributed by atoms with Gasteiger partial charge in [-0.15, -0.1) is 0 Å². The fourth-order valence-corrected chi connectivity index (χ4v) is 2.46. The summed E-state index contributed by atoms with van der Waals surface area (Å²) in [4.78, 5) is 20.4. The Morgan fingerprint density at radius 2 is 1.88 bits per heavy atom. The summed E-state index contributed by atoms with van der Waals surface area (Å²) >= 11 is 0. The molecule has 0 saturated carbocycles. The number of halogens is 1. The minimum Gasteiger partial charge on any atom is -0.436 e. The topological polar surface area (TPSA) is 68.0 Å². The number of anilines is 1. The monoisotopic (exact) mass is 333 g/mol. The fraction of sp³-hybridized carbons (Fsp3) is 0. The molecule has 1 amide bonds. The highest BCUT2D eigenvalue weighted by Gasteiger charge is 2.11. The summed E-state index contributed by atoms with van der Waals surface area (Å²) in [5.41, 5.74) is 2.79. The molecule has 0 aliphatic heterocycles. The van der Waals surface area contributed by atoms with E-state index in [4.69, 9.17) is 4.42 Å². The van der Waals surface area contributed by atoms with E-state index in [1.807, 2.05) is 0 Å². The Labute approximate surface area is 142 Å². The SMILES string of the molecule is O=C(Nc1ccc2oc(-c3cccc(F)c3)nc2c1)c1ccncc1. The number of hydrogen-bond donors (Lipinski definition) is 1. The van der Waals surface area contributed by atoms with Crippen LogP contribution in [0.5, 0.6) is 0 Å². The van der Waals surface area contributed by atoms with Crippen molar-refractivity contribution in [2.24, 2.45) is 0 Å². The molecule has 0 atom stereocenters. The van der Waals surface area contributed by atoms with Gasteiger partial charge in [0.25, 0.3) is 5.91 Å². The summed E-state index contributed by atoms with van der Waals surface area (Å²) < 4.78 is 19.0. The Morgan fingerprint density at radius 1 is 1.04 bits per heavy atom. The zero-order valence-electron chi connectivity index (χ0n) is 12.9. The van der Waals surface area contributed by atoms with E-state index in [0.29, 0.717) is 33.8 Å². The number of rotatable bonds is 3. The Bertz CT molecular complexity index is 1060. The molecule has 0 radical (unpaired) electrons. The van der Waals surface area contributed by atoms with Gasteiger partial charge in [0.2, 0.25) is 5.89 Å². The molecule has 4 rings (SSSR count). The number of aromatic nitrogens is 2. The van der Waals surface area contributed by atoms with Gasteiger partial charge in [0, 0.05) is 29.2 Å². The van der Waals surface area contributed by atoms with Crippen molar-refractivity contribution in [2.75, 3.05) is 5.32 Å². The third kappa shape index (κ3) is 3.10. The van der Waals surface area contributed by atoms with Crippen molar-refractivity contribution in [1.82, 2.24) is 9.97 Å². The van der Waals surface area contributed by atoms with Crippen LogP contribution in [0.4, 0.5) is 10.1 Å². The molecule has 0 aliphatic carbocycles. The molecule has 2 aromatic heterocycles. The molecule has 6 heteroatoms. The smallest absolute Gasteiger partial charge is 0.255 e. The second-order valence-electron chi connectivity index (χ2n) is 5.40. The number of pyridine rings is 1. The highest BCUT2D eigenvalue weighted by atomic mass is 19.1. The first-order valence-corrected chi connectivity index (χ1v) is 7.57. The predicted molar refractivity (Wildman–Crippen MR) is 91.6 cm³/mol. The molecule has 2 aromatic carbocycles. The van der Waals surface area contributed by atoms with Gasteiger partial charge >= 0.3 is 0 Å². The number of fused-ring (bicyclic) bond motifs is 1. The number of oxazole rings is 1. The van der Waals surface area contributed by atoms with Gasteiger partial charge in [-0.3, -0.25) is 9.78 Å². The second kappa shape index (κ2) is 6.16. The molecular formula is C19H12FN3O2. The molecule has 4 aromatic rings. The van der Waals surface area contributed by atoms with E-state index in [1.165, 1.54) is 12.1 Å². The summed E-state index contributed by atoms with van der Waals surface area (Å²) in [5, 5.41) is 2.80. The largest absolute Gasteiger partial charge is 0.436 e. The van der Waals surface area contributed by atoms with Gasteiger partial charge in [-0.05, 0) is 48.5 Å². The number of carbonyl (C=O) groups excluding carboxylic acids is 1. The van der Waals surface area contributed by atoms with E-state index in [9.17, 15) is 9.18 Å². The van der Waals surface area contributed by atoms with E-state index < -0.39 is 0 Å². The molecule has 2 heterocycles. The molecule has 25 heavy (non-hydrogen) atoms. The molecule has 0 spiro atoms. The van der Waals surface area contributed by atoms with E-state index in [-0.39, 0.29) is 11.7 Å². The summed E-state index contributed by atoms with van der Waals surface area (Å²) in [5.74, 6) is -0.271. The third-order valence-corrected chi connectivity index (χ3v) is 3.66. The second-order valence-corrected chi connectivity index (χ2v) is 5.40. The first kappa shape index (κ1) is 15.0. The van der Waals surface area contributed by atoms with Crippen molar-refractivity contribution < 1.29 is 13.6 Å². The molecule has 0 bridgehead atoms. The molecule has 0 fully saturated rings. The lowest BCUT2D eigenvalue weighted by molar-refractivity contribution is 0.102. The molecule has 5 nitrogen and oxygen atoms in total. The maximum absolute atomic E-state index is 13.4. The molecular weight excluding hydrogens is 321 g/mol. The van der Waals surface area contributed by atoms with Crippen LogP contribution < -0.4 is 5.32 Å². The quantitative estimate of drug-likeness (QED) is 0.607. The Balaban J connectivity index is 1.63. The van der Waals surface area contributed by atoms with Gasteiger partial charge in [-0.1, -0.05) is 6.07 Å². The van der Waals surface area contributed by atoms with Crippen LogP contribution in [-0.4, -0.2) is 15.9 Å². The Morgan fingerprint density at radius 3 is 2.68 bits per heavy atom. The predicted octanol–water partition coefficient (Wildman–Crippen LogP) is 4.28. The lowest BCUT2D eigenvalue weighted by atomic mass is 10.2. The van der Waals surface area contributed by atoms with E-state index in [1.54, 1.807) is 54.9 Å². The van der Waals surface area contributed by atoms with Gasteiger partial charge in [0.15, 0.2) is 5.58 Å². The van der Waals surface area contributed by atoms with Crippen LogP contribution in [0.3, 0.4) is 0 Å². The van der Waals surface area contributed by atoms with Crippen molar-refractivity contribution in [2.45, 2.75) is 0 Å². The van der Waals surface area contributed by atoms with Crippen molar-refractivity contribution >= 4 is 22.7 Å². The number of hydrogen-bond acceptors (Lipinski definition) is 4. The van der Waals surface area contributed by atoms with Crippen molar-refractivity contribution in [3.05, 3.63) is 78.4 Å². The number of nitrogens with one attached hydrogen (secondary N) is 1. The fourth-order valence-electron chi connectivity index (χ4n) is 2.46. The summed E-state index contributed by atoms with van der Waals surface area (Å²) in [6.45, 7) is 0. The minimum atomic E-state index is -0.356. The van der Waals surface area contributed by atoms with Crippen LogP contribution in [0.2, 0.25) is 0 Å². The van der Waals surface area contributed by atoms with Gasteiger partial charge in [-0.25, -0.2) is 9.37 Å². The number of nitrogens with zero attached hydrogens (tertiary/aromatic N) is 2. The minimum absolute atomic E-state index is 0.240. The number of carbonyl (C=O) groups is 1. The lowest BCUT2D eigenvalue weighted by Crippen LogP contribution is -2.11. The zero-order valence-corrected chi connectivity index (χ0v) is 12.9. The lowest BCUT2D eigenvalue weighted by Gasteiger charge is -2.04. The van der Waals surface area contributed by atoms with Gasteiger partial charge < -0.3 is 9.73 Å². The highest BCUT2D eigenvalue weighted by Crippen LogP contribution is 2.26. The maximum atomic E-state index is 13.4. The number of benzene rings is 2. The van der Waals surface area contributed by atoms with E-state index >= 15 is 0 Å². The summed E-state index contributed by atoms with van der Waals surface area (Å²) in [6, 6.07) is 14.4. The highest BCUT2D eigenvalue weighted by molar-refractivity contribution is 6.04. The van der Waals surface area contributed by atoms with Crippen LogP contribution in [0, 0.1) is 5.82 Å². The van der Waals surface area contributed by atoms with Crippen LogP contribution >= 0.6 is 0 Å².